The molecule has 6 heteroatoms. The van der Waals surface area contributed by atoms with Gasteiger partial charge < -0.3 is 9.47 Å². The summed E-state index contributed by atoms with van der Waals surface area (Å²) in [4.78, 5) is 27.4. The molecule has 0 saturated carbocycles. The molecule has 4 aromatic rings. The zero-order valence-electron chi connectivity index (χ0n) is 17.3. The number of pyridine rings is 1. The fraction of sp³-hybridized carbons (Fsp3) is 0.167. The maximum Gasteiger partial charge on any atom is 0.259 e. The van der Waals surface area contributed by atoms with Crippen LogP contribution in [0.2, 0.25) is 0 Å². The smallest absolute Gasteiger partial charge is 0.259 e. The van der Waals surface area contributed by atoms with E-state index >= 15 is 0 Å². The molecular formula is C24H22FN3O2. The summed E-state index contributed by atoms with van der Waals surface area (Å²) < 4.78 is 16.9. The number of hydrogen-bond donors (Lipinski definition) is 0. The number of rotatable bonds is 4. The summed E-state index contributed by atoms with van der Waals surface area (Å²) >= 11 is 0. The topological polar surface area (TPSA) is 47.2 Å². The molecule has 0 saturated heterocycles. The Hall–Kier alpha value is -3.67. The second-order valence-electron chi connectivity index (χ2n) is 7.60. The third-order valence-electron chi connectivity index (χ3n) is 5.31. The van der Waals surface area contributed by atoms with E-state index in [4.69, 9.17) is 0 Å². The van der Waals surface area contributed by atoms with Crippen LogP contribution in [0.1, 0.15) is 10.4 Å². The molecule has 0 aliphatic carbocycles. The van der Waals surface area contributed by atoms with Crippen LogP contribution < -0.4 is 5.56 Å². The van der Waals surface area contributed by atoms with Gasteiger partial charge in [-0.15, -0.1) is 0 Å². The summed E-state index contributed by atoms with van der Waals surface area (Å²) in [5, 5.41) is 1.75. The maximum atomic E-state index is 13.4. The van der Waals surface area contributed by atoms with E-state index in [9.17, 15) is 14.0 Å². The Bertz CT molecular complexity index is 1380. The average Bonchev–Trinajstić information content (AvgIpc) is 3.01. The Morgan fingerprint density at radius 3 is 2.33 bits per heavy atom. The van der Waals surface area contributed by atoms with Crippen molar-refractivity contribution < 1.29 is 9.18 Å². The number of benzene rings is 2. The van der Waals surface area contributed by atoms with E-state index in [1.165, 1.54) is 18.2 Å². The van der Waals surface area contributed by atoms with Crippen LogP contribution in [0.3, 0.4) is 0 Å². The summed E-state index contributed by atoms with van der Waals surface area (Å²) in [5.41, 5.74) is 3.23. The van der Waals surface area contributed by atoms with E-state index in [1.807, 2.05) is 43.9 Å². The number of carbonyl (C=O) groups is 1. The van der Waals surface area contributed by atoms with Crippen molar-refractivity contribution in [1.82, 2.24) is 14.0 Å². The largest absolute Gasteiger partial charge is 0.383 e. The molecule has 4 rings (SSSR count). The van der Waals surface area contributed by atoms with E-state index in [1.54, 1.807) is 40.9 Å². The molecule has 0 aliphatic rings. The number of aryl methyl sites for hydroxylation is 2. The van der Waals surface area contributed by atoms with E-state index in [0.717, 1.165) is 21.9 Å². The molecule has 0 aliphatic heterocycles. The van der Waals surface area contributed by atoms with Gasteiger partial charge in [-0.05, 0) is 42.0 Å². The molecule has 0 N–H and O–H groups in total. The number of hydrogen-bond acceptors (Lipinski definition) is 3. The van der Waals surface area contributed by atoms with Gasteiger partial charge in [0.2, 0.25) is 0 Å². The first-order chi connectivity index (χ1) is 14.3. The van der Waals surface area contributed by atoms with Gasteiger partial charge in [-0.3, -0.25) is 14.2 Å². The minimum absolute atomic E-state index is 0.0915. The van der Waals surface area contributed by atoms with Gasteiger partial charge in [0.15, 0.2) is 5.78 Å². The van der Waals surface area contributed by atoms with Gasteiger partial charge in [-0.1, -0.05) is 12.1 Å². The lowest BCUT2D eigenvalue weighted by Gasteiger charge is -2.08. The molecule has 2 aromatic heterocycles. The van der Waals surface area contributed by atoms with Crippen molar-refractivity contribution in [3.05, 3.63) is 82.5 Å². The summed E-state index contributed by atoms with van der Waals surface area (Å²) in [6, 6.07) is 13.3. The lowest BCUT2D eigenvalue weighted by atomic mass is 10.0. The van der Waals surface area contributed by atoms with Crippen molar-refractivity contribution in [2.45, 2.75) is 0 Å². The monoisotopic (exact) mass is 403 g/mol. The van der Waals surface area contributed by atoms with Gasteiger partial charge in [-0.25, -0.2) is 4.39 Å². The fourth-order valence-corrected chi connectivity index (χ4v) is 3.79. The summed E-state index contributed by atoms with van der Waals surface area (Å²) in [5.74, 6) is -0.443. The number of aromatic nitrogens is 2. The van der Waals surface area contributed by atoms with Gasteiger partial charge >= 0.3 is 0 Å². The molecule has 0 fully saturated rings. The third kappa shape index (κ3) is 3.20. The van der Waals surface area contributed by atoms with Crippen LogP contribution in [0.25, 0.3) is 33.1 Å². The highest BCUT2D eigenvalue weighted by Gasteiger charge is 2.17. The van der Waals surface area contributed by atoms with E-state index in [0.29, 0.717) is 16.7 Å². The predicted molar refractivity (Wildman–Crippen MR) is 118 cm³/mol. The molecule has 5 nitrogen and oxygen atoms in total. The van der Waals surface area contributed by atoms with Crippen LogP contribution in [0.5, 0.6) is 0 Å². The second-order valence-corrected chi connectivity index (χ2v) is 7.60. The first kappa shape index (κ1) is 19.6. The van der Waals surface area contributed by atoms with Crippen molar-refractivity contribution in [3.8, 4) is 11.1 Å². The lowest BCUT2D eigenvalue weighted by Crippen LogP contribution is -2.20. The Balaban J connectivity index is 1.98. The molecule has 0 unspecified atom stereocenters. The van der Waals surface area contributed by atoms with Gasteiger partial charge in [-0.2, -0.15) is 0 Å². The molecular weight excluding hydrogens is 381 g/mol. The maximum absolute atomic E-state index is 13.4. The Kier molecular flexibility index (Phi) is 4.78. The van der Waals surface area contributed by atoms with Crippen molar-refractivity contribution >= 4 is 27.7 Å². The van der Waals surface area contributed by atoms with Crippen molar-refractivity contribution in [2.75, 3.05) is 14.1 Å². The van der Waals surface area contributed by atoms with Crippen molar-refractivity contribution in [3.63, 3.8) is 0 Å². The average molecular weight is 403 g/mol. The van der Waals surface area contributed by atoms with Gasteiger partial charge in [0.25, 0.3) is 5.56 Å². The molecule has 0 amide bonds. The van der Waals surface area contributed by atoms with Crippen LogP contribution in [-0.4, -0.2) is 33.9 Å². The van der Waals surface area contributed by atoms with Gasteiger partial charge in [0.05, 0.1) is 5.52 Å². The molecule has 0 radical (unpaired) electrons. The van der Waals surface area contributed by atoms with Crippen LogP contribution in [-0.2, 0) is 14.1 Å². The van der Waals surface area contributed by atoms with Crippen LogP contribution in [0.4, 0.5) is 4.39 Å². The quantitative estimate of drug-likeness (QED) is 0.381. The van der Waals surface area contributed by atoms with Crippen molar-refractivity contribution in [2.24, 2.45) is 14.1 Å². The molecule has 0 bridgehead atoms. The summed E-state index contributed by atoms with van der Waals surface area (Å²) in [7, 11) is 7.34. The standard InChI is InChI=1S/C24H22FN3O2/c1-26(2)12-11-22(29)16-7-10-21-19(13-16)20-14-18(15-5-8-17(25)9-6-15)24(30)28(4)23(20)27(21)3/h5-14H,1-4H3/b12-11+. The number of carbonyl (C=O) groups excluding carboxylic acids is 1. The summed E-state index contributed by atoms with van der Waals surface area (Å²) in [6.07, 6.45) is 3.25. The minimum Gasteiger partial charge on any atom is -0.383 e. The first-order valence-corrected chi connectivity index (χ1v) is 9.55. The Labute approximate surface area is 173 Å². The normalized spacial score (nSPS) is 11.6. The van der Waals surface area contributed by atoms with Gasteiger partial charge in [0, 0.05) is 62.4 Å². The van der Waals surface area contributed by atoms with Gasteiger partial charge in [0.1, 0.15) is 11.5 Å². The van der Waals surface area contributed by atoms with Crippen LogP contribution in [0, 0.1) is 5.82 Å². The lowest BCUT2D eigenvalue weighted by molar-refractivity contribution is 0.104. The molecule has 0 spiro atoms. The number of nitrogens with zero attached hydrogens (tertiary/aromatic N) is 3. The molecule has 152 valence electrons. The summed E-state index contributed by atoms with van der Waals surface area (Å²) in [6.45, 7) is 0. The highest BCUT2D eigenvalue weighted by molar-refractivity contribution is 6.12. The predicted octanol–water partition coefficient (Wildman–Crippen LogP) is 4.09. The highest BCUT2D eigenvalue weighted by Crippen LogP contribution is 2.31. The van der Waals surface area contributed by atoms with E-state index < -0.39 is 0 Å². The molecule has 2 heterocycles. The Morgan fingerprint density at radius 2 is 1.67 bits per heavy atom. The van der Waals surface area contributed by atoms with Crippen LogP contribution in [0.15, 0.2) is 65.6 Å². The zero-order valence-corrected chi connectivity index (χ0v) is 17.3. The third-order valence-corrected chi connectivity index (χ3v) is 5.31. The number of ketones is 1. The zero-order chi connectivity index (χ0) is 21.6. The van der Waals surface area contributed by atoms with E-state index in [-0.39, 0.29) is 17.2 Å². The SMILES string of the molecule is CN(C)/C=C/C(=O)c1ccc2c(c1)c1cc(-c3ccc(F)cc3)c(=O)n(C)c1n2C. The molecule has 30 heavy (non-hydrogen) atoms. The fourth-order valence-electron chi connectivity index (χ4n) is 3.79. The molecule has 0 atom stereocenters. The Morgan fingerprint density at radius 1 is 0.967 bits per heavy atom. The molecule has 2 aromatic carbocycles. The van der Waals surface area contributed by atoms with E-state index in [2.05, 4.69) is 0 Å². The number of allylic oxidation sites excluding steroid dienone is 1. The first-order valence-electron chi connectivity index (χ1n) is 9.55. The van der Waals surface area contributed by atoms with Crippen LogP contribution >= 0.6 is 0 Å². The second kappa shape index (κ2) is 7.30. The highest BCUT2D eigenvalue weighted by atomic mass is 19.1. The number of fused-ring (bicyclic) bond motifs is 3. The van der Waals surface area contributed by atoms with Crippen molar-refractivity contribution in [1.29, 1.82) is 0 Å². The minimum atomic E-state index is -0.351. The number of halogens is 1.